The summed E-state index contributed by atoms with van der Waals surface area (Å²) < 4.78 is 11.7. The molecule has 1 saturated heterocycles. The molecule has 3 aromatic rings. The van der Waals surface area contributed by atoms with E-state index in [9.17, 15) is 4.79 Å². The maximum absolute atomic E-state index is 13.1. The molecule has 0 saturated carbocycles. The Morgan fingerprint density at radius 3 is 2.65 bits per heavy atom. The number of para-hydroxylation sites is 1. The van der Waals surface area contributed by atoms with Crippen LogP contribution < -0.4 is 14.8 Å². The van der Waals surface area contributed by atoms with Crippen molar-refractivity contribution in [1.82, 2.24) is 9.88 Å². The summed E-state index contributed by atoms with van der Waals surface area (Å²) in [5.74, 6) is 1.22. The maximum Gasteiger partial charge on any atom is 0.254 e. The Kier molecular flexibility index (Phi) is 6.67. The number of aromatic nitrogens is 1. The highest BCUT2D eigenvalue weighted by Crippen LogP contribution is 2.30. The van der Waals surface area contributed by atoms with Crippen LogP contribution in [0.5, 0.6) is 11.5 Å². The highest BCUT2D eigenvalue weighted by atomic mass is 16.5. The normalized spacial score (nSPS) is 15.5. The highest BCUT2D eigenvalue weighted by Gasteiger charge is 2.27. The van der Waals surface area contributed by atoms with Gasteiger partial charge < -0.3 is 19.7 Å². The Bertz CT molecular complexity index is 995. The van der Waals surface area contributed by atoms with Crippen molar-refractivity contribution in [3.63, 3.8) is 0 Å². The minimum Gasteiger partial charge on any atom is -0.490 e. The first-order valence-electron chi connectivity index (χ1n) is 10.6. The molecule has 0 bridgehead atoms. The van der Waals surface area contributed by atoms with Gasteiger partial charge >= 0.3 is 0 Å². The Balaban J connectivity index is 1.41. The average Bonchev–Trinajstić information content (AvgIpc) is 3.28. The van der Waals surface area contributed by atoms with Gasteiger partial charge in [0.05, 0.1) is 6.61 Å². The molecule has 1 atom stereocenters. The van der Waals surface area contributed by atoms with Crippen molar-refractivity contribution in [3.05, 3.63) is 84.2 Å². The molecular formula is C25H27N3O3. The van der Waals surface area contributed by atoms with Gasteiger partial charge in [0.25, 0.3) is 5.91 Å². The van der Waals surface area contributed by atoms with Crippen LogP contribution in [0.2, 0.25) is 0 Å². The molecule has 2 aromatic carbocycles. The molecule has 2 heterocycles. The summed E-state index contributed by atoms with van der Waals surface area (Å²) in [6.07, 6.45) is 4.39. The fourth-order valence-corrected chi connectivity index (χ4v) is 3.68. The van der Waals surface area contributed by atoms with Crippen LogP contribution in [-0.2, 0) is 6.61 Å². The van der Waals surface area contributed by atoms with E-state index in [-0.39, 0.29) is 11.9 Å². The third-order valence-corrected chi connectivity index (χ3v) is 5.25. The molecule has 1 amide bonds. The van der Waals surface area contributed by atoms with E-state index in [1.165, 1.54) is 0 Å². The second kappa shape index (κ2) is 9.98. The summed E-state index contributed by atoms with van der Waals surface area (Å²) in [5, 5.41) is 3.51. The predicted octanol–water partition coefficient (Wildman–Crippen LogP) is 4.39. The van der Waals surface area contributed by atoms with Gasteiger partial charge in [0.1, 0.15) is 6.61 Å². The summed E-state index contributed by atoms with van der Waals surface area (Å²) in [6, 6.07) is 19.6. The lowest BCUT2D eigenvalue weighted by Gasteiger charge is -2.19. The number of amides is 1. The average molecular weight is 418 g/mol. The first-order valence-corrected chi connectivity index (χ1v) is 10.6. The lowest BCUT2D eigenvalue weighted by Crippen LogP contribution is -2.31. The number of anilines is 1. The summed E-state index contributed by atoms with van der Waals surface area (Å²) in [5.41, 5.74) is 2.71. The Morgan fingerprint density at radius 1 is 1.06 bits per heavy atom. The van der Waals surface area contributed by atoms with Crippen LogP contribution >= 0.6 is 0 Å². The molecule has 6 nitrogen and oxygen atoms in total. The largest absolute Gasteiger partial charge is 0.490 e. The number of pyridine rings is 1. The van der Waals surface area contributed by atoms with Gasteiger partial charge in [-0.2, -0.15) is 0 Å². The van der Waals surface area contributed by atoms with Crippen LogP contribution in [0, 0.1) is 0 Å². The Labute approximate surface area is 182 Å². The summed E-state index contributed by atoms with van der Waals surface area (Å²) in [4.78, 5) is 19.0. The first-order chi connectivity index (χ1) is 15.2. The van der Waals surface area contributed by atoms with Crippen molar-refractivity contribution in [1.29, 1.82) is 0 Å². The van der Waals surface area contributed by atoms with Crippen LogP contribution in [0.3, 0.4) is 0 Å². The van der Waals surface area contributed by atoms with Crippen molar-refractivity contribution in [2.24, 2.45) is 0 Å². The number of carbonyl (C=O) groups is 1. The molecule has 31 heavy (non-hydrogen) atoms. The van der Waals surface area contributed by atoms with E-state index in [0.29, 0.717) is 36.8 Å². The number of hydrogen-bond acceptors (Lipinski definition) is 5. The third kappa shape index (κ3) is 5.34. The Morgan fingerprint density at radius 2 is 1.87 bits per heavy atom. The number of likely N-dealkylation sites (tertiary alicyclic amines) is 1. The lowest BCUT2D eigenvalue weighted by atomic mass is 10.1. The first kappa shape index (κ1) is 20.7. The number of nitrogens with zero attached hydrogens (tertiary/aromatic N) is 2. The molecule has 1 N–H and O–H groups in total. The van der Waals surface area contributed by atoms with Gasteiger partial charge in [-0.1, -0.05) is 18.2 Å². The predicted molar refractivity (Wildman–Crippen MR) is 121 cm³/mol. The SMILES string of the molecule is CCOc1cc(C(=O)N2CCC(Nc3ccccc3)C2)ccc1OCc1ccncc1. The summed E-state index contributed by atoms with van der Waals surface area (Å²) in [6.45, 7) is 4.23. The molecule has 1 aromatic heterocycles. The van der Waals surface area contributed by atoms with E-state index in [2.05, 4.69) is 10.3 Å². The zero-order valence-electron chi connectivity index (χ0n) is 17.7. The molecule has 0 spiro atoms. The third-order valence-electron chi connectivity index (χ3n) is 5.25. The maximum atomic E-state index is 13.1. The van der Waals surface area contributed by atoms with Crippen molar-refractivity contribution in [2.75, 3.05) is 25.0 Å². The molecule has 6 heteroatoms. The van der Waals surface area contributed by atoms with Gasteiger partial charge in [-0.3, -0.25) is 9.78 Å². The molecule has 4 rings (SSSR count). The van der Waals surface area contributed by atoms with Gasteiger partial charge in [-0.05, 0) is 61.4 Å². The highest BCUT2D eigenvalue weighted by molar-refractivity contribution is 5.95. The van der Waals surface area contributed by atoms with Crippen molar-refractivity contribution in [3.8, 4) is 11.5 Å². The molecular weight excluding hydrogens is 390 g/mol. The van der Waals surface area contributed by atoms with Crippen molar-refractivity contribution in [2.45, 2.75) is 26.0 Å². The smallest absolute Gasteiger partial charge is 0.254 e. The fraction of sp³-hybridized carbons (Fsp3) is 0.280. The van der Waals surface area contributed by atoms with E-state index in [1.54, 1.807) is 18.5 Å². The van der Waals surface area contributed by atoms with Gasteiger partial charge in [0, 0.05) is 42.8 Å². The number of hydrogen-bond donors (Lipinski definition) is 1. The minimum absolute atomic E-state index is 0.0130. The molecule has 1 fully saturated rings. The fourth-order valence-electron chi connectivity index (χ4n) is 3.68. The lowest BCUT2D eigenvalue weighted by molar-refractivity contribution is 0.0791. The van der Waals surface area contributed by atoms with Gasteiger partial charge in [-0.25, -0.2) is 0 Å². The Hall–Kier alpha value is -3.54. The zero-order chi connectivity index (χ0) is 21.5. The number of ether oxygens (including phenoxy) is 2. The van der Waals surface area contributed by atoms with E-state index >= 15 is 0 Å². The van der Waals surface area contributed by atoms with Gasteiger partial charge in [-0.15, -0.1) is 0 Å². The van der Waals surface area contributed by atoms with E-state index in [4.69, 9.17) is 9.47 Å². The monoisotopic (exact) mass is 417 g/mol. The standard InChI is InChI=1S/C25H27N3O3/c1-2-30-24-16-20(8-9-23(24)31-18-19-10-13-26-14-11-19)25(29)28-15-12-22(17-28)27-21-6-4-3-5-7-21/h3-11,13-14,16,22,27H,2,12,15,17-18H2,1H3. The number of rotatable bonds is 8. The zero-order valence-corrected chi connectivity index (χ0v) is 17.7. The van der Waals surface area contributed by atoms with Crippen LogP contribution in [0.15, 0.2) is 73.1 Å². The van der Waals surface area contributed by atoms with Gasteiger partial charge in [0.15, 0.2) is 11.5 Å². The molecule has 1 aliphatic heterocycles. The molecule has 0 radical (unpaired) electrons. The van der Waals surface area contributed by atoms with Crippen LogP contribution in [-0.4, -0.2) is 41.5 Å². The quantitative estimate of drug-likeness (QED) is 0.589. The summed E-state index contributed by atoms with van der Waals surface area (Å²) >= 11 is 0. The minimum atomic E-state index is 0.0130. The number of carbonyl (C=O) groups excluding carboxylic acids is 1. The molecule has 0 aliphatic carbocycles. The van der Waals surface area contributed by atoms with Crippen molar-refractivity contribution >= 4 is 11.6 Å². The van der Waals surface area contributed by atoms with E-state index in [0.717, 1.165) is 24.2 Å². The van der Waals surface area contributed by atoms with E-state index in [1.807, 2.05) is 66.4 Å². The number of benzene rings is 2. The second-order valence-electron chi connectivity index (χ2n) is 7.49. The molecule has 160 valence electrons. The van der Waals surface area contributed by atoms with Crippen LogP contribution in [0.25, 0.3) is 0 Å². The van der Waals surface area contributed by atoms with Crippen molar-refractivity contribution < 1.29 is 14.3 Å². The topological polar surface area (TPSA) is 63.7 Å². The van der Waals surface area contributed by atoms with E-state index < -0.39 is 0 Å². The second-order valence-corrected chi connectivity index (χ2v) is 7.49. The van der Waals surface area contributed by atoms with Crippen LogP contribution in [0.1, 0.15) is 29.3 Å². The number of nitrogens with one attached hydrogen (secondary N) is 1. The van der Waals surface area contributed by atoms with Gasteiger partial charge in [0.2, 0.25) is 0 Å². The van der Waals surface area contributed by atoms with Crippen LogP contribution in [0.4, 0.5) is 5.69 Å². The molecule has 1 aliphatic rings. The summed E-state index contributed by atoms with van der Waals surface area (Å²) in [7, 11) is 0. The molecule has 1 unspecified atom stereocenters.